The van der Waals surface area contributed by atoms with Crippen LogP contribution < -0.4 is 10.1 Å². The topological polar surface area (TPSA) is 56.1 Å². The number of allylic oxidation sites excluding steroid dienone is 1. The second-order valence-electron chi connectivity index (χ2n) is 7.27. The third-order valence-corrected chi connectivity index (χ3v) is 4.96. The molecule has 0 aliphatic heterocycles. The number of amides is 1. The van der Waals surface area contributed by atoms with Gasteiger partial charge < -0.3 is 14.6 Å². The number of carbonyl (C=O) groups excluding carboxylic acids is 1. The highest BCUT2D eigenvalue weighted by Crippen LogP contribution is 2.21. The van der Waals surface area contributed by atoms with Gasteiger partial charge in [-0.05, 0) is 36.8 Å². The van der Waals surface area contributed by atoms with E-state index >= 15 is 0 Å². The molecule has 1 unspecified atom stereocenters. The Hall–Kier alpha value is -3.86. The lowest BCUT2D eigenvalue weighted by atomic mass is 10.2. The zero-order valence-corrected chi connectivity index (χ0v) is 17.4. The number of aromatic nitrogens is 2. The van der Waals surface area contributed by atoms with Crippen LogP contribution in [0.5, 0.6) is 5.75 Å². The Morgan fingerprint density at radius 3 is 2.45 bits per heavy atom. The number of ether oxygens (including phenoxy) is 1. The first-order valence-electron chi connectivity index (χ1n) is 10.3. The molecule has 1 heterocycles. The molecule has 1 aromatic heterocycles. The fraction of sp³-hybridized carbons (Fsp3) is 0.154. The molecule has 0 saturated carbocycles. The van der Waals surface area contributed by atoms with Crippen molar-refractivity contribution in [1.29, 1.82) is 0 Å². The number of nitrogens with one attached hydrogen (secondary N) is 1. The molecule has 0 spiro atoms. The van der Waals surface area contributed by atoms with Gasteiger partial charge in [-0.15, -0.1) is 0 Å². The second-order valence-corrected chi connectivity index (χ2v) is 7.27. The van der Waals surface area contributed by atoms with Crippen LogP contribution in [0.3, 0.4) is 0 Å². The molecule has 4 aromatic rings. The van der Waals surface area contributed by atoms with Crippen LogP contribution in [0, 0.1) is 0 Å². The Morgan fingerprint density at radius 1 is 1.00 bits per heavy atom. The Labute approximate surface area is 182 Å². The van der Waals surface area contributed by atoms with Gasteiger partial charge in [0.05, 0.1) is 17.1 Å². The lowest BCUT2D eigenvalue weighted by Crippen LogP contribution is -2.32. The summed E-state index contributed by atoms with van der Waals surface area (Å²) in [6.07, 6.45) is 4.20. The van der Waals surface area contributed by atoms with Crippen LogP contribution in [-0.4, -0.2) is 22.1 Å². The molecule has 31 heavy (non-hydrogen) atoms. The summed E-state index contributed by atoms with van der Waals surface area (Å²) in [7, 11) is 0. The number of carbonyl (C=O) groups is 1. The fourth-order valence-corrected chi connectivity index (χ4v) is 3.49. The van der Waals surface area contributed by atoms with E-state index in [-0.39, 0.29) is 18.6 Å². The number of rotatable bonds is 8. The number of fused-ring (bicyclic) bond motifs is 1. The van der Waals surface area contributed by atoms with Crippen molar-refractivity contribution in [2.45, 2.75) is 19.5 Å². The average molecular weight is 412 g/mol. The molecule has 156 valence electrons. The van der Waals surface area contributed by atoms with E-state index in [4.69, 9.17) is 9.72 Å². The molecule has 1 amide bonds. The third kappa shape index (κ3) is 5.20. The largest absolute Gasteiger partial charge is 0.484 e. The Kier molecular flexibility index (Phi) is 6.43. The van der Waals surface area contributed by atoms with Gasteiger partial charge in [-0.3, -0.25) is 4.79 Å². The van der Waals surface area contributed by atoms with Crippen LogP contribution in [-0.2, 0) is 11.3 Å². The van der Waals surface area contributed by atoms with Gasteiger partial charge in [-0.25, -0.2) is 4.98 Å². The summed E-state index contributed by atoms with van der Waals surface area (Å²) in [5.74, 6) is 1.30. The standard InChI is InChI=1S/C26H25N3O2/c1-20(27-25(30)19-31-22-14-6-3-7-15-22)26-28-23-16-8-9-17-24(23)29(26)18-10-13-21-11-4-2-5-12-21/h2-17,20H,18-19H2,1H3,(H,27,30)/b13-10+. The van der Waals surface area contributed by atoms with Crippen molar-refractivity contribution in [2.24, 2.45) is 0 Å². The highest BCUT2D eigenvalue weighted by atomic mass is 16.5. The molecular weight excluding hydrogens is 386 g/mol. The normalized spacial score (nSPS) is 12.2. The Balaban J connectivity index is 1.48. The van der Waals surface area contributed by atoms with Gasteiger partial charge in [-0.1, -0.05) is 72.8 Å². The van der Waals surface area contributed by atoms with Crippen LogP contribution in [0.1, 0.15) is 24.4 Å². The van der Waals surface area contributed by atoms with Gasteiger partial charge in [0.2, 0.25) is 0 Å². The van der Waals surface area contributed by atoms with E-state index in [0.717, 1.165) is 22.4 Å². The average Bonchev–Trinajstić information content (AvgIpc) is 3.18. The van der Waals surface area contributed by atoms with Gasteiger partial charge in [0, 0.05) is 6.54 Å². The first kappa shape index (κ1) is 20.4. The molecular formula is C26H25N3O2. The van der Waals surface area contributed by atoms with Crippen molar-refractivity contribution in [3.8, 4) is 5.75 Å². The molecule has 0 aliphatic carbocycles. The van der Waals surface area contributed by atoms with E-state index in [1.54, 1.807) is 0 Å². The minimum Gasteiger partial charge on any atom is -0.484 e. The van der Waals surface area contributed by atoms with Crippen molar-refractivity contribution in [3.63, 3.8) is 0 Å². The monoisotopic (exact) mass is 411 g/mol. The number of para-hydroxylation sites is 3. The van der Waals surface area contributed by atoms with Crippen molar-refractivity contribution >= 4 is 23.0 Å². The third-order valence-electron chi connectivity index (χ3n) is 4.96. The van der Waals surface area contributed by atoms with Gasteiger partial charge in [-0.2, -0.15) is 0 Å². The summed E-state index contributed by atoms with van der Waals surface area (Å²) in [5.41, 5.74) is 3.09. The summed E-state index contributed by atoms with van der Waals surface area (Å²) >= 11 is 0. The van der Waals surface area contributed by atoms with E-state index in [0.29, 0.717) is 12.3 Å². The number of hydrogen-bond acceptors (Lipinski definition) is 3. The second kappa shape index (κ2) is 9.76. The molecule has 0 fully saturated rings. The highest BCUT2D eigenvalue weighted by molar-refractivity contribution is 5.79. The smallest absolute Gasteiger partial charge is 0.258 e. The first-order valence-corrected chi connectivity index (χ1v) is 10.3. The maximum atomic E-state index is 12.4. The molecule has 0 saturated heterocycles. The lowest BCUT2D eigenvalue weighted by molar-refractivity contribution is -0.123. The van der Waals surface area contributed by atoms with Crippen LogP contribution in [0.25, 0.3) is 17.1 Å². The summed E-state index contributed by atoms with van der Waals surface area (Å²) in [4.78, 5) is 17.2. The van der Waals surface area contributed by atoms with E-state index in [9.17, 15) is 4.79 Å². The van der Waals surface area contributed by atoms with Crippen molar-refractivity contribution in [1.82, 2.24) is 14.9 Å². The van der Waals surface area contributed by atoms with Gasteiger partial charge in [0.15, 0.2) is 6.61 Å². The predicted molar refractivity (Wildman–Crippen MR) is 124 cm³/mol. The Morgan fingerprint density at radius 2 is 1.68 bits per heavy atom. The van der Waals surface area contributed by atoms with Crippen LogP contribution in [0.15, 0.2) is 91.0 Å². The zero-order valence-electron chi connectivity index (χ0n) is 17.4. The molecule has 1 N–H and O–H groups in total. The lowest BCUT2D eigenvalue weighted by Gasteiger charge is -2.16. The summed E-state index contributed by atoms with van der Waals surface area (Å²) in [6, 6.07) is 27.3. The molecule has 0 aliphatic rings. The summed E-state index contributed by atoms with van der Waals surface area (Å²) < 4.78 is 7.69. The molecule has 5 nitrogen and oxygen atoms in total. The molecule has 5 heteroatoms. The Bertz CT molecular complexity index is 1170. The van der Waals surface area contributed by atoms with Crippen LogP contribution >= 0.6 is 0 Å². The maximum absolute atomic E-state index is 12.4. The fourth-order valence-electron chi connectivity index (χ4n) is 3.49. The van der Waals surface area contributed by atoms with E-state index in [2.05, 4.69) is 40.2 Å². The number of benzene rings is 3. The quantitative estimate of drug-likeness (QED) is 0.444. The molecule has 1 atom stereocenters. The van der Waals surface area contributed by atoms with E-state index in [1.807, 2.05) is 73.7 Å². The van der Waals surface area contributed by atoms with Crippen LogP contribution in [0.4, 0.5) is 0 Å². The number of nitrogens with zero attached hydrogens (tertiary/aromatic N) is 2. The molecule has 0 bridgehead atoms. The van der Waals surface area contributed by atoms with Crippen LogP contribution in [0.2, 0.25) is 0 Å². The van der Waals surface area contributed by atoms with Gasteiger partial charge in [0.1, 0.15) is 11.6 Å². The number of hydrogen-bond donors (Lipinski definition) is 1. The summed E-state index contributed by atoms with van der Waals surface area (Å²) in [5, 5.41) is 3.00. The summed E-state index contributed by atoms with van der Waals surface area (Å²) in [6.45, 7) is 2.56. The van der Waals surface area contributed by atoms with Crippen molar-refractivity contribution < 1.29 is 9.53 Å². The maximum Gasteiger partial charge on any atom is 0.258 e. The zero-order chi connectivity index (χ0) is 21.5. The van der Waals surface area contributed by atoms with Gasteiger partial charge in [0.25, 0.3) is 5.91 Å². The predicted octanol–water partition coefficient (Wildman–Crippen LogP) is 5.01. The van der Waals surface area contributed by atoms with Crippen molar-refractivity contribution in [2.75, 3.05) is 6.61 Å². The molecule has 3 aromatic carbocycles. The minimum atomic E-state index is -0.260. The molecule has 4 rings (SSSR count). The number of imidazole rings is 1. The molecule has 0 radical (unpaired) electrons. The van der Waals surface area contributed by atoms with E-state index in [1.165, 1.54) is 0 Å². The minimum absolute atomic E-state index is 0.0392. The van der Waals surface area contributed by atoms with Gasteiger partial charge >= 0.3 is 0 Å². The highest BCUT2D eigenvalue weighted by Gasteiger charge is 2.18. The SMILES string of the molecule is CC(NC(=O)COc1ccccc1)c1nc2ccccc2n1C/C=C/c1ccccc1. The first-order chi connectivity index (χ1) is 15.2. The van der Waals surface area contributed by atoms with Crippen molar-refractivity contribution in [3.05, 3.63) is 102 Å². The van der Waals surface area contributed by atoms with E-state index < -0.39 is 0 Å².